The van der Waals surface area contributed by atoms with Crippen LogP contribution in [0.5, 0.6) is 0 Å². The minimum Gasteiger partial charge on any atom is -0.343 e. The minimum absolute atomic E-state index is 0. The number of hydrogen-bond acceptors (Lipinski definition) is 0. The summed E-state index contributed by atoms with van der Waals surface area (Å²) in [6, 6.07) is 0. The third-order valence-corrected chi connectivity index (χ3v) is 4.23. The van der Waals surface area contributed by atoms with Gasteiger partial charge in [-0.15, -0.1) is 0 Å². The molecule has 2 saturated carbocycles. The molecule has 0 amide bonds. The number of fused-ring (bicyclic) bond motifs is 1. The van der Waals surface area contributed by atoms with Crippen molar-refractivity contribution in [3.8, 4) is 0 Å². The molecule has 0 aliphatic heterocycles. The van der Waals surface area contributed by atoms with E-state index in [1.807, 2.05) is 0 Å². The molecule has 0 spiro atoms. The van der Waals surface area contributed by atoms with Crippen LogP contribution in [-0.4, -0.2) is 0 Å². The van der Waals surface area contributed by atoms with E-state index in [-0.39, 0.29) is 26.2 Å². The second kappa shape index (κ2) is 13.6. The van der Waals surface area contributed by atoms with Gasteiger partial charge in [0.25, 0.3) is 0 Å². The quantitative estimate of drug-likeness (QED) is 0.372. The summed E-state index contributed by atoms with van der Waals surface area (Å²) >= 11 is 0. The first kappa shape index (κ1) is 22.4. The fourth-order valence-corrected chi connectivity index (χ4v) is 2.62. The van der Waals surface area contributed by atoms with Crippen molar-refractivity contribution in [1.29, 1.82) is 0 Å². The average Bonchev–Trinajstić information content (AvgIpc) is 3.26. The molecule has 10 radical (unpaired) electrons. The van der Waals surface area contributed by atoms with Crippen LogP contribution in [0, 0.1) is 82.0 Å². The van der Waals surface area contributed by atoms with Crippen molar-refractivity contribution in [3.63, 3.8) is 0 Å². The Hall–Kier alpha value is 0.363. The summed E-state index contributed by atoms with van der Waals surface area (Å²) in [6.07, 6.45) is 31.8. The van der Waals surface area contributed by atoms with E-state index in [2.05, 4.69) is 89.5 Å². The van der Waals surface area contributed by atoms with Gasteiger partial charge in [0.1, 0.15) is 0 Å². The van der Waals surface area contributed by atoms with Crippen LogP contribution in [0.2, 0.25) is 0 Å². The molecule has 0 bridgehead atoms. The van der Waals surface area contributed by atoms with E-state index in [4.69, 9.17) is 0 Å². The Bertz CT molecular complexity index is 333. The zero-order valence-corrected chi connectivity index (χ0v) is 17.2. The Labute approximate surface area is 171 Å². The second-order valence-corrected chi connectivity index (χ2v) is 6.14. The number of hydrogen-bond donors (Lipinski definition) is 0. The molecule has 122 valence electrons. The maximum Gasteiger partial charge on any atom is 4.00 e. The Kier molecular flexibility index (Phi) is 12.7. The van der Waals surface area contributed by atoms with Gasteiger partial charge in [0.15, 0.2) is 0 Å². The Morgan fingerprint density at radius 1 is 0.958 bits per heavy atom. The topological polar surface area (TPSA) is 0 Å². The van der Waals surface area contributed by atoms with E-state index < -0.39 is 0 Å². The predicted octanol–water partition coefficient (Wildman–Crippen LogP) is 5.90. The van der Waals surface area contributed by atoms with Gasteiger partial charge < -0.3 is 13.3 Å². The van der Waals surface area contributed by atoms with Crippen molar-refractivity contribution in [1.82, 2.24) is 0 Å². The van der Waals surface area contributed by atoms with Gasteiger partial charge in [-0.3, -0.25) is 0 Å². The molecule has 0 aromatic carbocycles. The third kappa shape index (κ3) is 8.64. The largest absolute Gasteiger partial charge is 4.00 e. The molecule has 0 heterocycles. The van der Waals surface area contributed by atoms with Crippen LogP contribution in [0.25, 0.3) is 0 Å². The van der Waals surface area contributed by atoms with Crippen LogP contribution < -0.4 is 0 Å². The van der Waals surface area contributed by atoms with Crippen molar-refractivity contribution in [2.24, 2.45) is 5.92 Å². The van der Waals surface area contributed by atoms with Crippen LogP contribution in [0.1, 0.15) is 39.0 Å². The fourth-order valence-electron chi connectivity index (χ4n) is 2.62. The van der Waals surface area contributed by atoms with Crippen LogP contribution >= 0.6 is 0 Å². The molecule has 1 atom stereocenters. The molecule has 24 heavy (non-hydrogen) atoms. The number of allylic oxidation sites excluding steroid dienone is 4. The smallest absolute Gasteiger partial charge is 0.343 e. The number of unbranched alkanes of at least 4 members (excludes halogenated alkanes) is 2. The number of rotatable bonds is 7. The molecule has 0 saturated heterocycles. The van der Waals surface area contributed by atoms with Gasteiger partial charge in [0.05, 0.1) is 0 Å². The van der Waals surface area contributed by atoms with Crippen molar-refractivity contribution in [2.75, 3.05) is 0 Å². The van der Waals surface area contributed by atoms with E-state index in [0.717, 1.165) is 0 Å². The van der Waals surface area contributed by atoms with Crippen LogP contribution in [0.3, 0.4) is 0 Å². The first-order chi connectivity index (χ1) is 11.3. The summed E-state index contributed by atoms with van der Waals surface area (Å²) in [7, 11) is 0. The van der Waals surface area contributed by atoms with Crippen LogP contribution in [0.4, 0.5) is 0 Å². The van der Waals surface area contributed by atoms with E-state index in [1.165, 1.54) is 49.9 Å². The van der Waals surface area contributed by atoms with Gasteiger partial charge in [0, 0.05) is 11.8 Å². The monoisotopic (exact) mass is 394 g/mol. The predicted molar refractivity (Wildman–Crippen MR) is 100 cm³/mol. The molecule has 3 aliphatic rings. The first-order valence-electron chi connectivity index (χ1n) is 8.75. The normalized spacial score (nSPS) is 21.9. The van der Waals surface area contributed by atoms with E-state index in [1.54, 1.807) is 0 Å². The summed E-state index contributed by atoms with van der Waals surface area (Å²) in [6.45, 7) is 6.28. The van der Waals surface area contributed by atoms with Crippen molar-refractivity contribution in [2.45, 2.75) is 39.0 Å². The average molecular weight is 396 g/mol. The third-order valence-electron chi connectivity index (χ3n) is 4.23. The van der Waals surface area contributed by atoms with Crippen LogP contribution in [0.15, 0.2) is 24.3 Å². The Morgan fingerprint density at radius 3 is 2.17 bits per heavy atom. The van der Waals surface area contributed by atoms with E-state index in [0.29, 0.717) is 5.92 Å². The zero-order chi connectivity index (χ0) is 16.3. The molecule has 2 fully saturated rings. The summed E-state index contributed by atoms with van der Waals surface area (Å²) in [5, 5.41) is 0. The molecule has 0 N–H and O–H groups in total. The summed E-state index contributed by atoms with van der Waals surface area (Å²) in [5.41, 5.74) is 0. The molecule has 0 nitrogen and oxygen atoms in total. The van der Waals surface area contributed by atoms with E-state index in [9.17, 15) is 0 Å². The minimum atomic E-state index is 0. The molecule has 1 unspecified atom stereocenters. The van der Waals surface area contributed by atoms with Gasteiger partial charge in [-0.2, -0.15) is 12.3 Å². The fraction of sp³-hybridized carbons (Fsp3) is 0.304. The van der Waals surface area contributed by atoms with E-state index >= 15 is 0 Å². The van der Waals surface area contributed by atoms with Gasteiger partial charge in [-0.25, -0.2) is 6.42 Å². The van der Waals surface area contributed by atoms with Crippen molar-refractivity contribution in [3.05, 3.63) is 100 Å². The Balaban J connectivity index is 0.000000248. The molecular formula is C23H28Zr+2. The molecule has 1 heteroatoms. The van der Waals surface area contributed by atoms with Crippen molar-refractivity contribution < 1.29 is 26.2 Å². The first-order valence-corrected chi connectivity index (χ1v) is 8.75. The summed E-state index contributed by atoms with van der Waals surface area (Å²) < 4.78 is 0. The molecule has 0 aromatic heterocycles. The zero-order valence-electron chi connectivity index (χ0n) is 14.7. The standard InChI is InChI=1S/C14H21.C9H7.Zr/c1-3-13(2)9-5-4-6-10-14-11-7-8-12-14;1-2-5-9-7-3-6-8(9)4-1;/h5,7-8,11-13H,2-4,6,9-10H2,1H3;1-7H;/q-2;;+4. The van der Waals surface area contributed by atoms with Gasteiger partial charge in [0.2, 0.25) is 0 Å². The maximum absolute atomic E-state index is 4.07. The van der Waals surface area contributed by atoms with Crippen LogP contribution in [-0.2, 0) is 26.2 Å². The molecule has 3 aliphatic carbocycles. The molecule has 3 rings (SSSR count). The maximum atomic E-state index is 4.07. The van der Waals surface area contributed by atoms with Gasteiger partial charge in [-0.1, -0.05) is 44.1 Å². The molecule has 0 aromatic rings. The van der Waals surface area contributed by atoms with Gasteiger partial charge >= 0.3 is 26.2 Å². The second-order valence-electron chi connectivity index (χ2n) is 6.14. The van der Waals surface area contributed by atoms with Crippen molar-refractivity contribution >= 4 is 0 Å². The molecular weight excluding hydrogens is 367 g/mol. The summed E-state index contributed by atoms with van der Waals surface area (Å²) in [5.74, 6) is 4.75. The summed E-state index contributed by atoms with van der Waals surface area (Å²) in [4.78, 5) is 0. The SMILES string of the molecule is [CH2-]C(CC)C[CH-]CCC[C]1[CH][CH][CH][CH]1.[CH]1[CH][C]2C=CC=C[C]2[CH]1.[Zr+4]. The van der Waals surface area contributed by atoms with Gasteiger partial charge in [-0.05, 0) is 57.3 Å². The Morgan fingerprint density at radius 2 is 1.58 bits per heavy atom.